The SMILES string of the molecule is Cc1nn(C)c(C)c1CCC(=O)NCCc1ccc(OCC(=O)O)cc1. The smallest absolute Gasteiger partial charge is 0.341 e. The van der Waals surface area contributed by atoms with Gasteiger partial charge in [-0.1, -0.05) is 12.1 Å². The Hall–Kier alpha value is -2.83. The standard InChI is InChI=1S/C19H25N3O4/c1-13-17(14(2)22(3)21-13)8-9-18(23)20-11-10-15-4-6-16(7-5-15)26-12-19(24)25/h4-7H,8-12H2,1-3H3,(H,20,23)(H,24,25). The molecule has 1 aromatic heterocycles. The average molecular weight is 359 g/mol. The maximum Gasteiger partial charge on any atom is 0.341 e. The molecule has 2 rings (SSSR count). The van der Waals surface area contributed by atoms with Gasteiger partial charge >= 0.3 is 5.97 Å². The highest BCUT2D eigenvalue weighted by Crippen LogP contribution is 2.14. The van der Waals surface area contributed by atoms with Gasteiger partial charge in [0.25, 0.3) is 0 Å². The van der Waals surface area contributed by atoms with Gasteiger partial charge in [0, 0.05) is 25.7 Å². The van der Waals surface area contributed by atoms with Crippen LogP contribution in [0.2, 0.25) is 0 Å². The maximum atomic E-state index is 12.0. The number of aryl methyl sites for hydroxylation is 2. The summed E-state index contributed by atoms with van der Waals surface area (Å²) in [6, 6.07) is 7.19. The predicted octanol–water partition coefficient (Wildman–Crippen LogP) is 1.79. The molecule has 1 aromatic carbocycles. The number of hydrogen-bond acceptors (Lipinski definition) is 4. The number of carbonyl (C=O) groups excluding carboxylic acids is 1. The van der Waals surface area contributed by atoms with Crippen LogP contribution in [0.25, 0.3) is 0 Å². The molecule has 0 atom stereocenters. The van der Waals surface area contributed by atoms with E-state index in [1.54, 1.807) is 12.1 Å². The fourth-order valence-electron chi connectivity index (χ4n) is 2.75. The Morgan fingerprint density at radius 1 is 1.19 bits per heavy atom. The summed E-state index contributed by atoms with van der Waals surface area (Å²) >= 11 is 0. The predicted molar refractivity (Wildman–Crippen MR) is 97.3 cm³/mol. The summed E-state index contributed by atoms with van der Waals surface area (Å²) < 4.78 is 6.92. The molecule has 1 heterocycles. The Kier molecular flexibility index (Phi) is 6.77. The molecule has 2 aromatic rings. The van der Waals surface area contributed by atoms with E-state index in [4.69, 9.17) is 9.84 Å². The molecule has 0 aliphatic carbocycles. The van der Waals surface area contributed by atoms with Crippen molar-refractivity contribution in [2.45, 2.75) is 33.1 Å². The molecule has 140 valence electrons. The summed E-state index contributed by atoms with van der Waals surface area (Å²) in [5.74, 6) is -0.468. The summed E-state index contributed by atoms with van der Waals surface area (Å²) in [7, 11) is 1.91. The first-order chi connectivity index (χ1) is 12.4. The molecule has 0 saturated carbocycles. The van der Waals surface area contributed by atoms with Crippen LogP contribution in [0.15, 0.2) is 24.3 Å². The first kappa shape index (κ1) is 19.5. The second-order valence-electron chi connectivity index (χ2n) is 6.20. The number of carboxylic acids is 1. The molecule has 0 saturated heterocycles. The first-order valence-corrected chi connectivity index (χ1v) is 8.56. The monoisotopic (exact) mass is 359 g/mol. The van der Waals surface area contributed by atoms with Crippen LogP contribution < -0.4 is 10.1 Å². The lowest BCUT2D eigenvalue weighted by atomic mass is 10.1. The van der Waals surface area contributed by atoms with Gasteiger partial charge in [-0.05, 0) is 49.9 Å². The number of aliphatic carboxylic acids is 1. The highest BCUT2D eigenvalue weighted by Gasteiger charge is 2.11. The van der Waals surface area contributed by atoms with E-state index in [-0.39, 0.29) is 12.5 Å². The molecule has 0 unspecified atom stereocenters. The van der Waals surface area contributed by atoms with Crippen molar-refractivity contribution in [3.63, 3.8) is 0 Å². The van der Waals surface area contributed by atoms with Crippen LogP contribution in [0.3, 0.4) is 0 Å². The lowest BCUT2D eigenvalue weighted by molar-refractivity contribution is -0.139. The third kappa shape index (κ3) is 5.61. The van der Waals surface area contributed by atoms with Crippen LogP contribution in [-0.2, 0) is 29.5 Å². The topological polar surface area (TPSA) is 93.5 Å². The average Bonchev–Trinajstić information content (AvgIpc) is 2.84. The highest BCUT2D eigenvalue weighted by molar-refractivity contribution is 5.76. The first-order valence-electron chi connectivity index (χ1n) is 8.56. The Labute approximate surface area is 153 Å². The molecule has 0 radical (unpaired) electrons. The number of ether oxygens (including phenoxy) is 1. The molecule has 2 N–H and O–H groups in total. The van der Waals surface area contributed by atoms with Crippen molar-refractivity contribution in [2.24, 2.45) is 7.05 Å². The second-order valence-corrected chi connectivity index (χ2v) is 6.20. The molecule has 0 fully saturated rings. The lowest BCUT2D eigenvalue weighted by Crippen LogP contribution is -2.26. The van der Waals surface area contributed by atoms with Crippen molar-refractivity contribution < 1.29 is 19.4 Å². The van der Waals surface area contributed by atoms with Crippen molar-refractivity contribution in [3.8, 4) is 5.75 Å². The number of nitrogens with one attached hydrogen (secondary N) is 1. The van der Waals surface area contributed by atoms with Gasteiger partial charge in [-0.2, -0.15) is 5.10 Å². The number of carboxylic acid groups (broad SMARTS) is 1. The molecule has 0 aliphatic rings. The molecule has 0 bridgehead atoms. The van der Waals surface area contributed by atoms with E-state index in [0.29, 0.717) is 31.6 Å². The number of rotatable bonds is 9. The van der Waals surface area contributed by atoms with Crippen LogP contribution in [0.5, 0.6) is 5.75 Å². The minimum atomic E-state index is -1.01. The number of hydrogen-bond donors (Lipinski definition) is 2. The van der Waals surface area contributed by atoms with Crippen molar-refractivity contribution in [2.75, 3.05) is 13.2 Å². The van der Waals surface area contributed by atoms with E-state index in [2.05, 4.69) is 10.4 Å². The summed E-state index contributed by atoms with van der Waals surface area (Å²) in [5, 5.41) is 15.9. The minimum Gasteiger partial charge on any atom is -0.482 e. The zero-order chi connectivity index (χ0) is 19.1. The zero-order valence-electron chi connectivity index (χ0n) is 15.4. The lowest BCUT2D eigenvalue weighted by Gasteiger charge is -2.07. The molecular weight excluding hydrogens is 334 g/mol. The van der Waals surface area contributed by atoms with Crippen LogP contribution in [-0.4, -0.2) is 39.9 Å². The van der Waals surface area contributed by atoms with Crippen LogP contribution in [0.4, 0.5) is 0 Å². The van der Waals surface area contributed by atoms with E-state index in [9.17, 15) is 9.59 Å². The fraction of sp³-hybridized carbons (Fsp3) is 0.421. The van der Waals surface area contributed by atoms with Crippen LogP contribution >= 0.6 is 0 Å². The molecule has 0 spiro atoms. The zero-order valence-corrected chi connectivity index (χ0v) is 15.4. The third-order valence-electron chi connectivity index (χ3n) is 4.28. The quantitative estimate of drug-likeness (QED) is 0.712. The van der Waals surface area contributed by atoms with Gasteiger partial charge in [0.1, 0.15) is 5.75 Å². The normalized spacial score (nSPS) is 10.6. The second kappa shape index (κ2) is 9.03. The van der Waals surface area contributed by atoms with E-state index >= 15 is 0 Å². The largest absolute Gasteiger partial charge is 0.482 e. The Bertz CT molecular complexity index is 766. The molecule has 7 heteroatoms. The molecule has 7 nitrogen and oxygen atoms in total. The van der Waals surface area contributed by atoms with Crippen molar-refractivity contribution in [1.82, 2.24) is 15.1 Å². The number of amides is 1. The summed E-state index contributed by atoms with van der Waals surface area (Å²) in [6.45, 7) is 4.17. The van der Waals surface area contributed by atoms with Gasteiger partial charge in [0.05, 0.1) is 5.69 Å². The van der Waals surface area contributed by atoms with Gasteiger partial charge in [0.15, 0.2) is 6.61 Å². The Morgan fingerprint density at radius 2 is 1.88 bits per heavy atom. The van der Waals surface area contributed by atoms with Gasteiger partial charge < -0.3 is 15.2 Å². The van der Waals surface area contributed by atoms with E-state index < -0.39 is 5.97 Å². The molecular formula is C19H25N3O4. The number of benzene rings is 1. The van der Waals surface area contributed by atoms with Crippen LogP contribution in [0.1, 0.15) is 28.9 Å². The van der Waals surface area contributed by atoms with Crippen molar-refractivity contribution in [3.05, 3.63) is 46.8 Å². The summed E-state index contributed by atoms with van der Waals surface area (Å²) in [4.78, 5) is 22.5. The minimum absolute atomic E-state index is 0.0223. The van der Waals surface area contributed by atoms with Gasteiger partial charge in [-0.25, -0.2) is 4.79 Å². The highest BCUT2D eigenvalue weighted by atomic mass is 16.5. The molecule has 26 heavy (non-hydrogen) atoms. The summed E-state index contributed by atoms with van der Waals surface area (Å²) in [5.41, 5.74) is 4.26. The summed E-state index contributed by atoms with van der Waals surface area (Å²) in [6.07, 6.45) is 1.83. The fourth-order valence-corrected chi connectivity index (χ4v) is 2.75. The molecule has 0 aliphatic heterocycles. The number of carbonyl (C=O) groups is 2. The number of nitrogens with zero attached hydrogens (tertiary/aromatic N) is 2. The Balaban J connectivity index is 1.72. The van der Waals surface area contributed by atoms with Gasteiger partial charge in [0.2, 0.25) is 5.91 Å². The van der Waals surface area contributed by atoms with E-state index in [1.807, 2.05) is 37.7 Å². The Morgan fingerprint density at radius 3 is 2.46 bits per heavy atom. The van der Waals surface area contributed by atoms with E-state index in [0.717, 1.165) is 22.5 Å². The third-order valence-corrected chi connectivity index (χ3v) is 4.28. The van der Waals surface area contributed by atoms with Crippen LogP contribution in [0, 0.1) is 13.8 Å². The maximum absolute atomic E-state index is 12.0. The van der Waals surface area contributed by atoms with Crippen molar-refractivity contribution in [1.29, 1.82) is 0 Å². The van der Waals surface area contributed by atoms with Gasteiger partial charge in [-0.15, -0.1) is 0 Å². The van der Waals surface area contributed by atoms with E-state index in [1.165, 1.54) is 0 Å². The van der Waals surface area contributed by atoms with Crippen molar-refractivity contribution >= 4 is 11.9 Å². The number of aromatic nitrogens is 2. The van der Waals surface area contributed by atoms with Gasteiger partial charge in [-0.3, -0.25) is 9.48 Å². The molecule has 1 amide bonds.